The first-order valence-electron chi connectivity index (χ1n) is 16.3. The average Bonchev–Trinajstić information content (AvgIpc) is 3.32. The van der Waals surface area contributed by atoms with E-state index in [1.54, 1.807) is 16.7 Å². The number of likely N-dealkylation sites (tertiary alicyclic amines) is 1. The average molecular weight is 652 g/mol. The van der Waals surface area contributed by atoms with Gasteiger partial charge in [-0.25, -0.2) is 4.79 Å². The van der Waals surface area contributed by atoms with Crippen molar-refractivity contribution in [3.05, 3.63) is 30.3 Å². The van der Waals surface area contributed by atoms with Crippen LogP contribution in [0.2, 0.25) is 0 Å². The summed E-state index contributed by atoms with van der Waals surface area (Å²) in [6.45, 7) is 10.1. The summed E-state index contributed by atoms with van der Waals surface area (Å²) in [5, 5.41) is 8.94. The van der Waals surface area contributed by atoms with Crippen LogP contribution in [0.1, 0.15) is 79.6 Å². The number of carbonyl (C=O) groups is 5. The van der Waals surface area contributed by atoms with Crippen molar-refractivity contribution < 1.29 is 24.0 Å². The minimum absolute atomic E-state index is 0.0544. The maximum Gasteiger partial charge on any atom is 0.315 e. The van der Waals surface area contributed by atoms with Gasteiger partial charge in [0.25, 0.3) is 5.91 Å². The van der Waals surface area contributed by atoms with Gasteiger partial charge in [0, 0.05) is 23.6 Å². The Hall–Kier alpha value is -3.52. The van der Waals surface area contributed by atoms with E-state index in [9.17, 15) is 24.0 Å². The lowest BCUT2D eigenvalue weighted by atomic mass is 9.83. The van der Waals surface area contributed by atoms with Crippen molar-refractivity contribution in [2.24, 2.45) is 28.4 Å². The number of amides is 5. The molecule has 0 bridgehead atoms. The number of fused-ring (bicyclic) bond motifs is 1. The number of Topliss-reactive ketones (excluding diaryl/α,β-unsaturated/α-hetero) is 1. The number of nitrogens with two attached hydrogens (primary N) is 1. The van der Waals surface area contributed by atoms with E-state index in [-0.39, 0.29) is 36.0 Å². The van der Waals surface area contributed by atoms with Gasteiger partial charge in [0.2, 0.25) is 17.6 Å². The van der Waals surface area contributed by atoms with Gasteiger partial charge in [0.15, 0.2) is 0 Å². The Bertz CT molecular complexity index is 1360. The lowest BCUT2D eigenvalue weighted by Crippen LogP contribution is -2.63. The van der Waals surface area contributed by atoms with Crippen molar-refractivity contribution >= 4 is 41.3 Å². The number of thioether (sulfide) groups is 1. The molecular formula is C35H49N5O5S. The topological polar surface area (TPSA) is 151 Å². The molecule has 46 heavy (non-hydrogen) atoms. The van der Waals surface area contributed by atoms with E-state index in [0.717, 1.165) is 42.8 Å². The summed E-state index contributed by atoms with van der Waals surface area (Å²) in [6, 6.07) is 6.72. The first kappa shape index (κ1) is 35.3. The number of rotatable bonds is 12. The summed E-state index contributed by atoms with van der Waals surface area (Å²) in [4.78, 5) is 68.7. The second-order valence-electron chi connectivity index (χ2n) is 14.8. The van der Waals surface area contributed by atoms with Gasteiger partial charge in [-0.1, -0.05) is 72.1 Å². The quantitative estimate of drug-likeness (QED) is 0.154. The third kappa shape index (κ3) is 7.88. The fraction of sp³-hybridized carbons (Fsp3) is 0.629. The Morgan fingerprint density at radius 2 is 1.72 bits per heavy atom. The molecule has 0 radical (unpaired) electrons. The maximum absolute atomic E-state index is 14.3. The predicted molar refractivity (Wildman–Crippen MR) is 178 cm³/mol. The summed E-state index contributed by atoms with van der Waals surface area (Å²) in [5.41, 5.74) is 3.98. The SMILES string of the molecule is C#CCCC(NC(=O)[C@@H]1C2C(CN1C(=O)[C@@H](NC(=O)NC1(CSc3ccccc3)CCCCC1)C(C)(C)C)C2(C)C)C(=O)C(N)=O. The molecule has 2 saturated carbocycles. The Morgan fingerprint density at radius 3 is 2.30 bits per heavy atom. The molecule has 2 aliphatic carbocycles. The smallest absolute Gasteiger partial charge is 0.315 e. The summed E-state index contributed by atoms with van der Waals surface area (Å²) in [6.07, 6.45) is 10.4. The molecule has 4 rings (SSSR count). The van der Waals surface area contributed by atoms with Crippen LogP contribution < -0.4 is 21.7 Å². The number of carbonyl (C=O) groups excluding carboxylic acids is 5. The lowest BCUT2D eigenvalue weighted by molar-refractivity contribution is -0.145. The minimum atomic E-state index is -1.18. The van der Waals surface area contributed by atoms with Gasteiger partial charge in [0.05, 0.1) is 11.6 Å². The summed E-state index contributed by atoms with van der Waals surface area (Å²) in [5.74, 6) is 0.109. The van der Waals surface area contributed by atoms with Gasteiger partial charge in [-0.3, -0.25) is 19.2 Å². The highest BCUT2D eigenvalue weighted by atomic mass is 32.2. The van der Waals surface area contributed by atoms with E-state index < -0.39 is 52.7 Å². The first-order chi connectivity index (χ1) is 21.6. The largest absolute Gasteiger partial charge is 0.363 e. The molecule has 0 spiro atoms. The van der Waals surface area contributed by atoms with Crippen molar-refractivity contribution in [2.75, 3.05) is 12.3 Å². The molecule has 1 aromatic carbocycles. The van der Waals surface area contributed by atoms with Crippen molar-refractivity contribution in [1.29, 1.82) is 0 Å². The van der Waals surface area contributed by atoms with Crippen LogP contribution in [-0.2, 0) is 19.2 Å². The van der Waals surface area contributed by atoms with Crippen LogP contribution in [0.25, 0.3) is 0 Å². The van der Waals surface area contributed by atoms with E-state index in [0.29, 0.717) is 6.54 Å². The van der Waals surface area contributed by atoms with E-state index in [2.05, 4.69) is 47.9 Å². The highest BCUT2D eigenvalue weighted by Crippen LogP contribution is 2.65. The van der Waals surface area contributed by atoms with Gasteiger partial charge in [0.1, 0.15) is 12.1 Å². The molecule has 1 aromatic rings. The molecule has 11 heteroatoms. The molecule has 5 amide bonds. The van der Waals surface area contributed by atoms with Crippen molar-refractivity contribution in [1.82, 2.24) is 20.9 Å². The number of urea groups is 1. The van der Waals surface area contributed by atoms with Crippen LogP contribution in [0.5, 0.6) is 0 Å². The fourth-order valence-corrected chi connectivity index (χ4v) is 8.39. The van der Waals surface area contributed by atoms with Crippen molar-refractivity contribution in [2.45, 2.75) is 108 Å². The zero-order chi connectivity index (χ0) is 33.9. The third-order valence-corrected chi connectivity index (χ3v) is 11.4. The molecule has 1 saturated heterocycles. The Morgan fingerprint density at radius 1 is 1.07 bits per heavy atom. The van der Waals surface area contributed by atoms with E-state index in [4.69, 9.17) is 12.2 Å². The van der Waals surface area contributed by atoms with Gasteiger partial charge in [-0.2, -0.15) is 0 Å². The first-order valence-corrected chi connectivity index (χ1v) is 17.2. The molecular weight excluding hydrogens is 602 g/mol. The molecule has 10 nitrogen and oxygen atoms in total. The van der Waals surface area contributed by atoms with Crippen LogP contribution in [0.3, 0.4) is 0 Å². The normalized spacial score (nSPS) is 24.0. The second-order valence-corrected chi connectivity index (χ2v) is 15.8. The molecule has 3 fully saturated rings. The number of piperidine rings is 1. The number of primary amides is 1. The van der Waals surface area contributed by atoms with Crippen LogP contribution in [0.15, 0.2) is 35.2 Å². The summed E-state index contributed by atoms with van der Waals surface area (Å²) < 4.78 is 0. The van der Waals surface area contributed by atoms with Crippen LogP contribution in [0.4, 0.5) is 4.79 Å². The molecule has 1 aliphatic heterocycles. The summed E-state index contributed by atoms with van der Waals surface area (Å²) >= 11 is 1.71. The molecule has 5 atom stereocenters. The van der Waals surface area contributed by atoms with Crippen molar-refractivity contribution in [3.63, 3.8) is 0 Å². The number of nitrogens with one attached hydrogen (secondary N) is 3. The van der Waals surface area contributed by atoms with Gasteiger partial charge in [-0.15, -0.1) is 24.1 Å². The zero-order valence-corrected chi connectivity index (χ0v) is 28.5. The van der Waals surface area contributed by atoms with Gasteiger partial charge in [-0.05, 0) is 54.1 Å². The van der Waals surface area contributed by atoms with Crippen LogP contribution in [-0.4, -0.2) is 70.4 Å². The lowest BCUT2D eigenvalue weighted by Gasteiger charge is -2.40. The van der Waals surface area contributed by atoms with Crippen LogP contribution in [0, 0.1) is 35.0 Å². The standard InChI is InChI=1S/C35H49N5O5S/c1-7-8-17-24(27(41)29(36)42)37-30(43)26-25-23(34(25,5)6)20-40(26)31(44)28(33(2,3)4)38-32(45)39-35(18-13-10-14-19-35)21-46-22-15-11-9-12-16-22/h1,9,11-12,15-16,23-26,28H,8,10,13-14,17-21H2,2-6H3,(H2,36,42)(H,37,43)(H2,38,39,45)/t23?,24?,25?,26-,28+/m0/s1. The Balaban J connectivity index is 1.52. The predicted octanol–water partition coefficient (Wildman–Crippen LogP) is 3.63. The molecule has 5 N–H and O–H groups in total. The van der Waals surface area contributed by atoms with E-state index >= 15 is 0 Å². The minimum Gasteiger partial charge on any atom is -0.363 e. The Kier molecular flexibility index (Phi) is 10.8. The number of ketones is 1. The van der Waals surface area contributed by atoms with E-state index in [1.807, 2.05) is 39.0 Å². The molecule has 250 valence electrons. The van der Waals surface area contributed by atoms with Crippen LogP contribution >= 0.6 is 11.8 Å². The highest BCUT2D eigenvalue weighted by Gasteiger charge is 2.70. The number of hydrogen-bond donors (Lipinski definition) is 4. The molecule has 1 heterocycles. The van der Waals surface area contributed by atoms with Gasteiger partial charge < -0.3 is 26.6 Å². The number of benzene rings is 1. The zero-order valence-electron chi connectivity index (χ0n) is 27.7. The molecule has 3 aliphatic rings. The monoisotopic (exact) mass is 651 g/mol. The summed E-state index contributed by atoms with van der Waals surface area (Å²) in [7, 11) is 0. The molecule has 0 aromatic heterocycles. The maximum atomic E-state index is 14.3. The van der Waals surface area contributed by atoms with E-state index in [1.165, 1.54) is 0 Å². The number of nitrogens with zero attached hydrogens (tertiary/aromatic N) is 1. The molecule has 3 unspecified atom stereocenters. The highest BCUT2D eigenvalue weighted by molar-refractivity contribution is 7.99. The second kappa shape index (κ2) is 14.1. The number of terminal acetylenes is 1. The van der Waals surface area contributed by atoms with Crippen molar-refractivity contribution in [3.8, 4) is 12.3 Å². The number of hydrogen-bond acceptors (Lipinski definition) is 6. The third-order valence-electron chi connectivity index (χ3n) is 10.0. The fourth-order valence-electron chi connectivity index (χ4n) is 7.23. The Labute approximate surface area is 277 Å². The van der Waals surface area contributed by atoms with Gasteiger partial charge >= 0.3 is 6.03 Å².